The molecule has 0 aliphatic carbocycles. The Hall–Kier alpha value is -3.36. The third-order valence-electron chi connectivity index (χ3n) is 3.73. The molecule has 0 unspecified atom stereocenters. The van der Waals surface area contributed by atoms with E-state index in [0.29, 0.717) is 13.0 Å². The highest BCUT2D eigenvalue weighted by atomic mass is 19.2. The summed E-state index contributed by atoms with van der Waals surface area (Å²) < 4.78 is 45.3. The van der Waals surface area contributed by atoms with Crippen molar-refractivity contribution in [3.05, 3.63) is 65.6 Å². The maximum atomic E-state index is 13.7. The van der Waals surface area contributed by atoms with Gasteiger partial charge >= 0.3 is 0 Å². The predicted molar refractivity (Wildman–Crippen MR) is 94.6 cm³/mol. The quantitative estimate of drug-likeness (QED) is 0.614. The van der Waals surface area contributed by atoms with Crippen LogP contribution in [-0.2, 0) is 6.42 Å². The number of hydrogen-bond donors (Lipinski definition) is 2. The fraction of sp³-hybridized carbons (Fsp3) is 0.167. The van der Waals surface area contributed by atoms with E-state index in [0.717, 1.165) is 23.4 Å². The lowest BCUT2D eigenvalue weighted by Crippen LogP contribution is -2.10. The lowest BCUT2D eigenvalue weighted by Gasteiger charge is -2.10. The second-order valence-electron chi connectivity index (χ2n) is 5.50. The molecule has 9 heteroatoms. The molecule has 0 bridgehead atoms. The van der Waals surface area contributed by atoms with Crippen molar-refractivity contribution in [3.8, 4) is 5.75 Å². The molecule has 0 saturated carbocycles. The minimum Gasteiger partial charge on any atom is -0.496 e. The summed E-state index contributed by atoms with van der Waals surface area (Å²) in [6, 6.07) is 9.51. The Balaban J connectivity index is 1.65. The summed E-state index contributed by atoms with van der Waals surface area (Å²) >= 11 is 0. The third-order valence-corrected chi connectivity index (χ3v) is 3.73. The van der Waals surface area contributed by atoms with E-state index in [1.807, 2.05) is 24.3 Å². The van der Waals surface area contributed by atoms with E-state index in [4.69, 9.17) is 4.74 Å². The van der Waals surface area contributed by atoms with Gasteiger partial charge in [-0.2, -0.15) is 10.1 Å². The first-order chi connectivity index (χ1) is 13.1. The molecule has 0 saturated heterocycles. The van der Waals surface area contributed by atoms with Gasteiger partial charge in [0.15, 0.2) is 23.3 Å². The summed E-state index contributed by atoms with van der Waals surface area (Å²) in [5.41, 5.74) is 0.757. The molecule has 0 aliphatic rings. The summed E-state index contributed by atoms with van der Waals surface area (Å²) in [4.78, 5) is 4.13. The van der Waals surface area contributed by atoms with Gasteiger partial charge in [0.2, 0.25) is 5.95 Å². The van der Waals surface area contributed by atoms with Crippen LogP contribution in [0.4, 0.5) is 30.6 Å². The molecule has 0 aliphatic heterocycles. The number of hydrogen-bond acceptors (Lipinski definition) is 6. The maximum absolute atomic E-state index is 13.7. The highest BCUT2D eigenvalue weighted by molar-refractivity contribution is 5.57. The number of benzene rings is 2. The van der Waals surface area contributed by atoms with Gasteiger partial charge in [0.1, 0.15) is 5.75 Å². The van der Waals surface area contributed by atoms with E-state index in [2.05, 4.69) is 25.8 Å². The van der Waals surface area contributed by atoms with Crippen LogP contribution in [0.15, 0.2) is 42.6 Å². The standard InChI is InChI=1S/C18H16F3N5O/c1-27-14-5-3-2-4-11(14)8-9-22-18-25-15(10-23-26-18)24-13-7-6-12(19)16(20)17(13)21/h2-7,10H,8-9H2,1H3,(H2,22,24,25,26). The number of para-hydroxylation sites is 1. The van der Waals surface area contributed by atoms with E-state index in [1.165, 1.54) is 6.20 Å². The molecule has 140 valence electrons. The molecular formula is C18H16F3N5O. The first-order valence-electron chi connectivity index (χ1n) is 8.04. The van der Waals surface area contributed by atoms with Gasteiger partial charge in [0.05, 0.1) is 19.0 Å². The van der Waals surface area contributed by atoms with E-state index >= 15 is 0 Å². The minimum atomic E-state index is -1.56. The average molecular weight is 375 g/mol. The van der Waals surface area contributed by atoms with E-state index in [-0.39, 0.29) is 17.5 Å². The molecule has 0 fully saturated rings. The number of rotatable bonds is 7. The fourth-order valence-corrected chi connectivity index (χ4v) is 2.42. The van der Waals surface area contributed by atoms with Gasteiger partial charge in [0.25, 0.3) is 0 Å². The highest BCUT2D eigenvalue weighted by Gasteiger charge is 2.14. The number of anilines is 3. The van der Waals surface area contributed by atoms with Crippen molar-refractivity contribution in [3.63, 3.8) is 0 Å². The fourth-order valence-electron chi connectivity index (χ4n) is 2.42. The molecule has 0 radical (unpaired) electrons. The Kier molecular flexibility index (Phi) is 5.70. The number of nitrogens with one attached hydrogen (secondary N) is 2. The monoisotopic (exact) mass is 375 g/mol. The Labute approximate surface area is 153 Å². The molecular weight excluding hydrogens is 359 g/mol. The number of halogens is 3. The largest absolute Gasteiger partial charge is 0.496 e. The van der Waals surface area contributed by atoms with Gasteiger partial charge in [-0.1, -0.05) is 18.2 Å². The van der Waals surface area contributed by atoms with Crippen LogP contribution in [0.1, 0.15) is 5.56 Å². The summed E-state index contributed by atoms with van der Waals surface area (Å²) in [7, 11) is 1.60. The molecule has 2 aromatic carbocycles. The van der Waals surface area contributed by atoms with Crippen molar-refractivity contribution in [2.75, 3.05) is 24.3 Å². The Morgan fingerprint density at radius 2 is 1.85 bits per heavy atom. The van der Waals surface area contributed by atoms with Crippen molar-refractivity contribution < 1.29 is 17.9 Å². The first-order valence-corrected chi connectivity index (χ1v) is 8.04. The van der Waals surface area contributed by atoms with Gasteiger partial charge in [-0.15, -0.1) is 5.10 Å². The third kappa shape index (κ3) is 4.43. The molecule has 3 aromatic rings. The van der Waals surface area contributed by atoms with Crippen LogP contribution in [0.3, 0.4) is 0 Å². The molecule has 0 spiro atoms. The van der Waals surface area contributed by atoms with Crippen LogP contribution in [0.5, 0.6) is 5.75 Å². The highest BCUT2D eigenvalue weighted by Crippen LogP contribution is 2.22. The van der Waals surface area contributed by atoms with E-state index in [1.54, 1.807) is 7.11 Å². The smallest absolute Gasteiger partial charge is 0.244 e. The zero-order valence-corrected chi connectivity index (χ0v) is 14.3. The normalized spacial score (nSPS) is 10.5. The van der Waals surface area contributed by atoms with E-state index in [9.17, 15) is 13.2 Å². The number of methoxy groups -OCH3 is 1. The van der Waals surface area contributed by atoms with Crippen LogP contribution in [0.2, 0.25) is 0 Å². The average Bonchev–Trinajstić information content (AvgIpc) is 2.69. The molecule has 1 aromatic heterocycles. The van der Waals surface area contributed by atoms with E-state index < -0.39 is 17.5 Å². The van der Waals surface area contributed by atoms with Gasteiger partial charge in [0, 0.05) is 6.54 Å². The molecule has 2 N–H and O–H groups in total. The maximum Gasteiger partial charge on any atom is 0.244 e. The van der Waals surface area contributed by atoms with Crippen molar-refractivity contribution in [1.29, 1.82) is 0 Å². The molecule has 0 atom stereocenters. The number of ether oxygens (including phenoxy) is 1. The molecule has 0 amide bonds. The van der Waals surface area contributed by atoms with Crippen molar-refractivity contribution in [1.82, 2.24) is 15.2 Å². The molecule has 27 heavy (non-hydrogen) atoms. The SMILES string of the molecule is COc1ccccc1CCNc1nncc(Nc2ccc(F)c(F)c2F)n1. The van der Waals surface area contributed by atoms with Crippen LogP contribution in [0.25, 0.3) is 0 Å². The second-order valence-corrected chi connectivity index (χ2v) is 5.50. The van der Waals surface area contributed by atoms with Crippen LogP contribution >= 0.6 is 0 Å². The summed E-state index contributed by atoms with van der Waals surface area (Å²) in [5.74, 6) is -3.04. The van der Waals surface area contributed by atoms with Crippen molar-refractivity contribution in [2.45, 2.75) is 6.42 Å². The topological polar surface area (TPSA) is 72.0 Å². The van der Waals surface area contributed by atoms with Crippen LogP contribution < -0.4 is 15.4 Å². The minimum absolute atomic E-state index is 0.134. The zero-order valence-electron chi connectivity index (χ0n) is 14.3. The number of nitrogens with zero attached hydrogens (tertiary/aromatic N) is 3. The van der Waals surface area contributed by atoms with Crippen molar-refractivity contribution in [2.24, 2.45) is 0 Å². The zero-order chi connectivity index (χ0) is 19.2. The second kappa shape index (κ2) is 8.35. The van der Waals surface area contributed by atoms with Gasteiger partial charge in [-0.25, -0.2) is 13.2 Å². The van der Waals surface area contributed by atoms with Crippen molar-refractivity contribution >= 4 is 17.5 Å². The number of aromatic nitrogens is 3. The summed E-state index contributed by atoms with van der Waals surface area (Å²) in [6.45, 7) is 0.505. The molecule has 6 nitrogen and oxygen atoms in total. The Bertz CT molecular complexity index is 939. The van der Waals surface area contributed by atoms with Crippen LogP contribution in [0, 0.1) is 17.5 Å². The summed E-state index contributed by atoms with van der Waals surface area (Å²) in [6.07, 6.45) is 1.90. The predicted octanol–water partition coefficient (Wildman–Crippen LogP) is 3.70. The van der Waals surface area contributed by atoms with Gasteiger partial charge in [-0.3, -0.25) is 0 Å². The molecule has 3 rings (SSSR count). The lowest BCUT2D eigenvalue weighted by molar-refractivity contribution is 0.410. The first kappa shape index (κ1) is 18.4. The summed E-state index contributed by atoms with van der Waals surface area (Å²) in [5, 5.41) is 13.1. The van der Waals surface area contributed by atoms with Gasteiger partial charge in [-0.05, 0) is 30.2 Å². The lowest BCUT2D eigenvalue weighted by atomic mass is 10.1. The van der Waals surface area contributed by atoms with Gasteiger partial charge < -0.3 is 15.4 Å². The van der Waals surface area contributed by atoms with Crippen LogP contribution in [-0.4, -0.2) is 28.8 Å². The molecule has 1 heterocycles. The Morgan fingerprint density at radius 1 is 1.04 bits per heavy atom. The Morgan fingerprint density at radius 3 is 2.67 bits per heavy atom.